The second kappa shape index (κ2) is 4.18. The number of ether oxygens (including phenoxy) is 1. The van der Waals surface area contributed by atoms with Crippen molar-refractivity contribution in [2.24, 2.45) is 0 Å². The molecule has 0 fully saturated rings. The van der Waals surface area contributed by atoms with Crippen molar-refractivity contribution in [1.82, 2.24) is 19.6 Å². The van der Waals surface area contributed by atoms with E-state index in [0.717, 1.165) is 5.69 Å². The molecule has 0 radical (unpaired) electrons. The summed E-state index contributed by atoms with van der Waals surface area (Å²) in [5.74, 6) is -0.428. The molecule has 2 aromatic heterocycles. The van der Waals surface area contributed by atoms with Gasteiger partial charge in [-0.1, -0.05) is 0 Å². The molecule has 16 heavy (non-hydrogen) atoms. The fourth-order valence-electron chi connectivity index (χ4n) is 1.38. The summed E-state index contributed by atoms with van der Waals surface area (Å²) in [5, 5.41) is 8.20. The summed E-state index contributed by atoms with van der Waals surface area (Å²) in [6.45, 7) is 2.36. The lowest BCUT2D eigenvalue weighted by Gasteiger charge is -2.03. The van der Waals surface area contributed by atoms with Gasteiger partial charge in [-0.15, -0.1) is 0 Å². The molecule has 0 aliphatic rings. The fourth-order valence-corrected chi connectivity index (χ4v) is 1.38. The van der Waals surface area contributed by atoms with Crippen LogP contribution in [0.3, 0.4) is 0 Å². The van der Waals surface area contributed by atoms with E-state index in [1.807, 2.05) is 19.2 Å². The van der Waals surface area contributed by atoms with Crippen LogP contribution in [-0.4, -0.2) is 32.6 Å². The molecule has 0 amide bonds. The SMILES string of the molecule is COC(=O)c1cc(C)n(Cn2cccn2)n1. The van der Waals surface area contributed by atoms with Crippen LogP contribution in [0.5, 0.6) is 0 Å². The van der Waals surface area contributed by atoms with Gasteiger partial charge in [0.25, 0.3) is 0 Å². The number of aryl methyl sites for hydroxylation is 1. The number of aromatic nitrogens is 4. The molecule has 0 unspecified atom stereocenters. The molecule has 6 heteroatoms. The summed E-state index contributed by atoms with van der Waals surface area (Å²) in [5.41, 5.74) is 1.20. The van der Waals surface area contributed by atoms with Crippen LogP contribution < -0.4 is 0 Å². The van der Waals surface area contributed by atoms with Gasteiger partial charge in [-0.05, 0) is 19.1 Å². The van der Waals surface area contributed by atoms with Gasteiger partial charge in [0, 0.05) is 18.1 Å². The third kappa shape index (κ3) is 1.95. The van der Waals surface area contributed by atoms with Crippen LogP contribution in [0.15, 0.2) is 24.5 Å². The third-order valence-electron chi connectivity index (χ3n) is 2.21. The van der Waals surface area contributed by atoms with Crippen LogP contribution in [0.25, 0.3) is 0 Å². The molecule has 84 valence electrons. The van der Waals surface area contributed by atoms with Crippen LogP contribution in [0.1, 0.15) is 16.2 Å². The molecule has 0 atom stereocenters. The number of methoxy groups -OCH3 is 1. The highest BCUT2D eigenvalue weighted by Gasteiger charge is 2.12. The quantitative estimate of drug-likeness (QED) is 0.713. The van der Waals surface area contributed by atoms with Crippen LogP contribution in [0, 0.1) is 6.92 Å². The predicted octanol–water partition coefficient (Wildman–Crippen LogP) is 0.680. The van der Waals surface area contributed by atoms with Gasteiger partial charge >= 0.3 is 5.97 Å². The van der Waals surface area contributed by atoms with E-state index < -0.39 is 5.97 Å². The van der Waals surface area contributed by atoms with E-state index in [0.29, 0.717) is 12.4 Å². The summed E-state index contributed by atoms with van der Waals surface area (Å²) in [6, 6.07) is 3.52. The Morgan fingerprint density at radius 1 is 1.56 bits per heavy atom. The lowest BCUT2D eigenvalue weighted by atomic mass is 10.4. The summed E-state index contributed by atoms with van der Waals surface area (Å²) in [4.78, 5) is 11.3. The van der Waals surface area contributed by atoms with Gasteiger partial charge in [-0.2, -0.15) is 10.2 Å². The van der Waals surface area contributed by atoms with Crippen molar-refractivity contribution in [3.63, 3.8) is 0 Å². The molecule has 0 aromatic carbocycles. The zero-order valence-corrected chi connectivity index (χ0v) is 9.12. The maximum absolute atomic E-state index is 11.3. The lowest BCUT2D eigenvalue weighted by molar-refractivity contribution is 0.0593. The van der Waals surface area contributed by atoms with E-state index in [-0.39, 0.29) is 0 Å². The standard InChI is InChI=1S/C10H12N4O2/c1-8-6-9(10(15)16-2)12-14(8)7-13-5-3-4-11-13/h3-6H,7H2,1-2H3. The van der Waals surface area contributed by atoms with Crippen molar-refractivity contribution in [2.45, 2.75) is 13.6 Å². The zero-order valence-electron chi connectivity index (χ0n) is 9.12. The van der Waals surface area contributed by atoms with Crippen LogP contribution in [0.4, 0.5) is 0 Å². The Morgan fingerprint density at radius 3 is 3.00 bits per heavy atom. The predicted molar refractivity (Wildman–Crippen MR) is 55.9 cm³/mol. The monoisotopic (exact) mass is 220 g/mol. The third-order valence-corrected chi connectivity index (χ3v) is 2.21. The highest BCUT2D eigenvalue weighted by atomic mass is 16.5. The number of carbonyl (C=O) groups excluding carboxylic acids is 1. The Hall–Kier alpha value is -2.11. The molecular formula is C10H12N4O2. The maximum Gasteiger partial charge on any atom is 0.358 e. The van der Waals surface area contributed by atoms with Gasteiger partial charge in [0.05, 0.1) is 7.11 Å². The van der Waals surface area contributed by atoms with E-state index >= 15 is 0 Å². The van der Waals surface area contributed by atoms with Gasteiger partial charge in [0.1, 0.15) is 6.67 Å². The number of nitrogens with zero attached hydrogens (tertiary/aromatic N) is 4. The first-order valence-electron chi connectivity index (χ1n) is 4.81. The highest BCUT2D eigenvalue weighted by Crippen LogP contribution is 2.04. The molecule has 0 aliphatic heterocycles. The first kappa shape index (κ1) is 10.4. The summed E-state index contributed by atoms with van der Waals surface area (Å²) in [7, 11) is 1.34. The molecular weight excluding hydrogens is 208 g/mol. The Morgan fingerprint density at radius 2 is 2.38 bits per heavy atom. The number of hydrogen-bond acceptors (Lipinski definition) is 4. The molecule has 0 aliphatic carbocycles. The van der Waals surface area contributed by atoms with Crippen molar-refractivity contribution in [3.8, 4) is 0 Å². The average Bonchev–Trinajstić information content (AvgIpc) is 2.89. The van der Waals surface area contributed by atoms with Gasteiger partial charge < -0.3 is 4.74 Å². The topological polar surface area (TPSA) is 61.9 Å². The first-order valence-corrected chi connectivity index (χ1v) is 4.81. The van der Waals surface area contributed by atoms with Crippen LogP contribution in [-0.2, 0) is 11.4 Å². The molecule has 0 saturated carbocycles. The molecule has 0 bridgehead atoms. The minimum atomic E-state index is -0.428. The van der Waals surface area contributed by atoms with E-state index in [2.05, 4.69) is 14.9 Å². The van der Waals surface area contributed by atoms with E-state index in [4.69, 9.17) is 0 Å². The Labute approximate surface area is 92.4 Å². The fraction of sp³-hybridized carbons (Fsp3) is 0.300. The van der Waals surface area contributed by atoms with Gasteiger partial charge in [0.2, 0.25) is 0 Å². The number of hydrogen-bond donors (Lipinski definition) is 0. The van der Waals surface area contributed by atoms with Crippen molar-refractivity contribution >= 4 is 5.97 Å². The Balaban J connectivity index is 2.22. The average molecular weight is 220 g/mol. The van der Waals surface area contributed by atoms with Crippen LogP contribution >= 0.6 is 0 Å². The molecule has 2 aromatic rings. The van der Waals surface area contributed by atoms with Crippen molar-refractivity contribution in [2.75, 3.05) is 7.11 Å². The summed E-state index contributed by atoms with van der Waals surface area (Å²) in [6.07, 6.45) is 3.53. The highest BCUT2D eigenvalue weighted by molar-refractivity contribution is 5.87. The molecule has 2 rings (SSSR count). The maximum atomic E-state index is 11.3. The second-order valence-electron chi connectivity index (χ2n) is 3.35. The Kier molecular flexibility index (Phi) is 2.72. The summed E-state index contributed by atoms with van der Waals surface area (Å²) >= 11 is 0. The number of rotatable bonds is 3. The van der Waals surface area contributed by atoms with E-state index in [1.165, 1.54) is 7.11 Å². The minimum absolute atomic E-state index is 0.312. The first-order chi connectivity index (χ1) is 7.70. The normalized spacial score (nSPS) is 10.4. The second-order valence-corrected chi connectivity index (χ2v) is 3.35. The lowest BCUT2D eigenvalue weighted by Crippen LogP contribution is -2.12. The van der Waals surface area contributed by atoms with Crippen molar-refractivity contribution in [1.29, 1.82) is 0 Å². The molecule has 0 N–H and O–H groups in total. The van der Waals surface area contributed by atoms with Crippen molar-refractivity contribution < 1.29 is 9.53 Å². The van der Waals surface area contributed by atoms with Gasteiger partial charge in [-0.3, -0.25) is 4.68 Å². The minimum Gasteiger partial charge on any atom is -0.464 e. The van der Waals surface area contributed by atoms with Crippen LogP contribution in [0.2, 0.25) is 0 Å². The number of esters is 1. The van der Waals surface area contributed by atoms with Gasteiger partial charge in [-0.25, -0.2) is 9.48 Å². The largest absolute Gasteiger partial charge is 0.464 e. The zero-order chi connectivity index (χ0) is 11.5. The summed E-state index contributed by atoms with van der Waals surface area (Å²) < 4.78 is 8.02. The molecule has 0 saturated heterocycles. The molecule has 6 nitrogen and oxygen atoms in total. The Bertz CT molecular complexity index is 487. The number of carbonyl (C=O) groups is 1. The van der Waals surface area contributed by atoms with E-state index in [9.17, 15) is 4.79 Å². The van der Waals surface area contributed by atoms with Crippen molar-refractivity contribution in [3.05, 3.63) is 35.9 Å². The molecule has 2 heterocycles. The smallest absolute Gasteiger partial charge is 0.358 e. The van der Waals surface area contributed by atoms with Gasteiger partial charge in [0.15, 0.2) is 5.69 Å². The molecule has 0 spiro atoms. The van der Waals surface area contributed by atoms with E-state index in [1.54, 1.807) is 21.6 Å².